The number of ether oxygens (including phenoxy) is 2. The first-order valence-corrected chi connectivity index (χ1v) is 11.9. The van der Waals surface area contributed by atoms with E-state index in [1.54, 1.807) is 18.2 Å². The molecule has 0 spiro atoms. The average molecular weight is 483 g/mol. The molecule has 3 aromatic carbocycles. The minimum atomic E-state index is -4.03. The largest absolute Gasteiger partial charge is 0.495 e. The molecule has 0 N–H and O–H groups in total. The molecule has 0 amide bonds. The predicted molar refractivity (Wildman–Crippen MR) is 125 cm³/mol. The third-order valence-electron chi connectivity index (χ3n) is 5.53. The number of nitrogens with zero attached hydrogens (tertiary/aromatic N) is 2. The number of benzene rings is 3. The lowest BCUT2D eigenvalue weighted by Gasteiger charge is -2.30. The van der Waals surface area contributed by atoms with Crippen molar-refractivity contribution in [3.05, 3.63) is 93.5 Å². The van der Waals surface area contributed by atoms with Crippen LogP contribution in [0.2, 0.25) is 0 Å². The fraction of sp³-hybridized carbons (Fsp3) is 0.208. The molecule has 10 heteroatoms. The van der Waals surface area contributed by atoms with E-state index in [4.69, 9.17) is 9.47 Å². The molecule has 3 aromatic rings. The third-order valence-corrected chi connectivity index (χ3v) is 7.36. The molecule has 1 heterocycles. The van der Waals surface area contributed by atoms with Crippen molar-refractivity contribution in [3.63, 3.8) is 0 Å². The Hall–Kier alpha value is -3.92. The standard InChI is InChI=1S/C24H22N2O7S/c1-32-22-12-11-19(24(27)33-16-17-6-4-9-20(14-17)26(28)29)15-23(22)34(30,31)25-13-5-8-18-7-2-3-10-21(18)25/h2-4,6-7,9-12,14-15H,5,8,13,16H2,1H3. The molecule has 9 nitrogen and oxygen atoms in total. The maximum Gasteiger partial charge on any atom is 0.338 e. The van der Waals surface area contributed by atoms with E-state index in [1.807, 2.05) is 12.1 Å². The highest BCUT2D eigenvalue weighted by atomic mass is 32.2. The first-order chi connectivity index (χ1) is 16.3. The van der Waals surface area contributed by atoms with E-state index in [2.05, 4.69) is 0 Å². The number of methoxy groups -OCH3 is 1. The quantitative estimate of drug-likeness (QED) is 0.283. The molecule has 0 aliphatic carbocycles. The summed E-state index contributed by atoms with van der Waals surface area (Å²) in [5, 5.41) is 10.9. The van der Waals surface area contributed by atoms with Crippen LogP contribution in [0.5, 0.6) is 5.75 Å². The Bertz CT molecular complexity index is 1350. The molecule has 176 valence electrons. The van der Waals surface area contributed by atoms with Gasteiger partial charge in [-0.2, -0.15) is 0 Å². The van der Waals surface area contributed by atoms with Crippen molar-refractivity contribution in [2.45, 2.75) is 24.3 Å². The van der Waals surface area contributed by atoms with Crippen LogP contribution in [0.25, 0.3) is 0 Å². The van der Waals surface area contributed by atoms with Crippen LogP contribution in [-0.4, -0.2) is 33.0 Å². The summed E-state index contributed by atoms with van der Waals surface area (Å²) in [5.41, 5.74) is 1.88. The summed E-state index contributed by atoms with van der Waals surface area (Å²) in [6.45, 7) is 0.109. The number of nitro benzene ring substituents is 1. The highest BCUT2D eigenvalue weighted by Crippen LogP contribution is 2.35. The number of carbonyl (C=O) groups is 1. The van der Waals surface area contributed by atoms with E-state index in [0.29, 0.717) is 24.2 Å². The van der Waals surface area contributed by atoms with Crippen LogP contribution in [0.15, 0.2) is 71.6 Å². The summed E-state index contributed by atoms with van der Waals surface area (Å²) in [4.78, 5) is 22.9. The SMILES string of the molecule is COc1ccc(C(=O)OCc2cccc([N+](=O)[O-])c2)cc1S(=O)(=O)N1CCCc2ccccc21. The maximum absolute atomic E-state index is 13.6. The van der Waals surface area contributed by atoms with Gasteiger partial charge in [-0.25, -0.2) is 13.2 Å². The average Bonchev–Trinajstić information content (AvgIpc) is 2.86. The fourth-order valence-corrected chi connectivity index (χ4v) is 5.59. The highest BCUT2D eigenvalue weighted by Gasteiger charge is 2.32. The minimum Gasteiger partial charge on any atom is -0.495 e. The number of para-hydroxylation sites is 1. The molecule has 0 fully saturated rings. The summed E-state index contributed by atoms with van der Waals surface area (Å²) in [6, 6.07) is 17.1. The number of fused-ring (bicyclic) bond motifs is 1. The summed E-state index contributed by atoms with van der Waals surface area (Å²) in [5.74, 6) is -0.650. The third kappa shape index (κ3) is 4.58. The Morgan fingerprint density at radius 3 is 2.65 bits per heavy atom. The molecular weight excluding hydrogens is 460 g/mol. The van der Waals surface area contributed by atoms with Gasteiger partial charge in [0, 0.05) is 18.7 Å². The monoisotopic (exact) mass is 482 g/mol. The van der Waals surface area contributed by atoms with Crippen molar-refractivity contribution in [1.82, 2.24) is 0 Å². The molecular formula is C24H22N2O7S. The Balaban J connectivity index is 1.62. The number of rotatable bonds is 7. The Labute approximate surface area is 196 Å². The lowest BCUT2D eigenvalue weighted by Crippen LogP contribution is -2.35. The second-order valence-corrected chi connectivity index (χ2v) is 9.51. The summed E-state index contributed by atoms with van der Waals surface area (Å²) >= 11 is 0. The van der Waals surface area contributed by atoms with Gasteiger partial charge in [0.15, 0.2) is 0 Å². The lowest BCUT2D eigenvalue weighted by molar-refractivity contribution is -0.384. The number of esters is 1. The zero-order valence-electron chi connectivity index (χ0n) is 18.3. The molecule has 0 saturated carbocycles. The van der Waals surface area contributed by atoms with Gasteiger partial charge in [-0.3, -0.25) is 14.4 Å². The smallest absolute Gasteiger partial charge is 0.338 e. The van der Waals surface area contributed by atoms with Gasteiger partial charge in [0.1, 0.15) is 17.3 Å². The molecule has 0 atom stereocenters. The van der Waals surface area contributed by atoms with Crippen molar-refractivity contribution in [1.29, 1.82) is 0 Å². The Morgan fingerprint density at radius 2 is 1.88 bits per heavy atom. The van der Waals surface area contributed by atoms with Gasteiger partial charge < -0.3 is 9.47 Å². The Kier molecular flexibility index (Phi) is 6.51. The zero-order chi connectivity index (χ0) is 24.3. The first-order valence-electron chi connectivity index (χ1n) is 10.5. The number of carbonyl (C=O) groups excluding carboxylic acids is 1. The van der Waals surface area contributed by atoms with Gasteiger partial charge in [-0.15, -0.1) is 0 Å². The number of hydrogen-bond donors (Lipinski definition) is 0. The molecule has 0 saturated heterocycles. The normalized spacial score (nSPS) is 13.1. The molecule has 1 aliphatic rings. The molecule has 34 heavy (non-hydrogen) atoms. The predicted octanol–water partition coefficient (Wildman–Crippen LogP) is 4.10. The fourth-order valence-electron chi connectivity index (χ4n) is 3.86. The summed E-state index contributed by atoms with van der Waals surface area (Å²) < 4.78 is 39.1. The van der Waals surface area contributed by atoms with Crippen LogP contribution in [0, 0.1) is 10.1 Å². The van der Waals surface area contributed by atoms with Crippen molar-refractivity contribution in [2.75, 3.05) is 18.0 Å². The van der Waals surface area contributed by atoms with Crippen LogP contribution in [0.3, 0.4) is 0 Å². The van der Waals surface area contributed by atoms with E-state index in [0.717, 1.165) is 12.0 Å². The van der Waals surface area contributed by atoms with Crippen molar-refractivity contribution in [2.24, 2.45) is 0 Å². The molecule has 4 rings (SSSR count). The number of aryl methyl sites for hydroxylation is 1. The molecule has 0 aromatic heterocycles. The van der Waals surface area contributed by atoms with E-state index < -0.39 is 20.9 Å². The lowest BCUT2D eigenvalue weighted by atomic mass is 10.0. The van der Waals surface area contributed by atoms with Gasteiger partial charge in [0.25, 0.3) is 15.7 Å². The second kappa shape index (κ2) is 9.52. The van der Waals surface area contributed by atoms with Crippen LogP contribution in [-0.2, 0) is 27.8 Å². The summed E-state index contributed by atoms with van der Waals surface area (Å²) in [7, 11) is -2.67. The Morgan fingerprint density at radius 1 is 1.09 bits per heavy atom. The van der Waals surface area contributed by atoms with E-state index >= 15 is 0 Å². The highest BCUT2D eigenvalue weighted by molar-refractivity contribution is 7.93. The molecule has 0 bridgehead atoms. The molecule has 0 unspecified atom stereocenters. The van der Waals surface area contributed by atoms with Gasteiger partial charge in [0.05, 0.1) is 23.3 Å². The van der Waals surface area contributed by atoms with E-state index in [9.17, 15) is 23.3 Å². The van der Waals surface area contributed by atoms with Gasteiger partial charge in [0.2, 0.25) is 0 Å². The number of nitro groups is 1. The summed E-state index contributed by atoms with van der Waals surface area (Å²) in [6.07, 6.45) is 1.45. The van der Waals surface area contributed by atoms with Crippen molar-refractivity contribution < 1.29 is 27.6 Å². The van der Waals surface area contributed by atoms with E-state index in [-0.39, 0.29) is 28.5 Å². The second-order valence-electron chi connectivity index (χ2n) is 7.68. The number of non-ortho nitro benzene ring substituents is 1. The van der Waals surface area contributed by atoms with Gasteiger partial charge in [-0.05, 0) is 48.2 Å². The van der Waals surface area contributed by atoms with Crippen LogP contribution in [0.1, 0.15) is 27.9 Å². The topological polar surface area (TPSA) is 116 Å². The zero-order valence-corrected chi connectivity index (χ0v) is 19.2. The maximum atomic E-state index is 13.6. The number of sulfonamides is 1. The molecule has 1 aliphatic heterocycles. The minimum absolute atomic E-state index is 0.0232. The first kappa shape index (κ1) is 23.2. The van der Waals surface area contributed by atoms with Crippen LogP contribution >= 0.6 is 0 Å². The number of anilines is 1. The number of hydrogen-bond acceptors (Lipinski definition) is 7. The van der Waals surface area contributed by atoms with Crippen molar-refractivity contribution >= 4 is 27.4 Å². The van der Waals surface area contributed by atoms with Crippen molar-refractivity contribution in [3.8, 4) is 5.75 Å². The van der Waals surface area contributed by atoms with Crippen LogP contribution < -0.4 is 9.04 Å². The van der Waals surface area contributed by atoms with Gasteiger partial charge in [-0.1, -0.05) is 30.3 Å². The molecule has 0 radical (unpaired) electrons. The van der Waals surface area contributed by atoms with E-state index in [1.165, 1.54) is 47.8 Å². The van der Waals surface area contributed by atoms with Gasteiger partial charge >= 0.3 is 5.97 Å². The van der Waals surface area contributed by atoms with Crippen LogP contribution in [0.4, 0.5) is 11.4 Å².